The summed E-state index contributed by atoms with van der Waals surface area (Å²) < 4.78 is 0. The highest BCUT2D eigenvalue weighted by molar-refractivity contribution is 5.70. The second-order valence-corrected chi connectivity index (χ2v) is 6.88. The maximum absolute atomic E-state index is 2.66. The van der Waals surface area contributed by atoms with E-state index in [9.17, 15) is 0 Å². The van der Waals surface area contributed by atoms with Crippen molar-refractivity contribution in [3.63, 3.8) is 0 Å². The van der Waals surface area contributed by atoms with E-state index >= 15 is 0 Å². The molecule has 2 heterocycles. The minimum Gasteiger partial charge on any atom is -0.365 e. The van der Waals surface area contributed by atoms with Gasteiger partial charge in [0.05, 0.1) is 0 Å². The average Bonchev–Trinajstić information content (AvgIpc) is 2.34. The molecule has 1 heteroatoms. The molecule has 1 nitrogen and oxygen atoms in total. The van der Waals surface area contributed by atoms with Crippen LogP contribution in [0.25, 0.3) is 0 Å². The van der Waals surface area contributed by atoms with E-state index in [4.69, 9.17) is 0 Å². The molecule has 0 fully saturated rings. The first kappa shape index (κ1) is 12.1. The molecule has 18 heavy (non-hydrogen) atoms. The quantitative estimate of drug-likeness (QED) is 0.659. The molecule has 0 bridgehead atoms. The molecule has 0 amide bonds. The fourth-order valence-electron chi connectivity index (χ4n) is 3.65. The van der Waals surface area contributed by atoms with Crippen molar-refractivity contribution in [3.05, 3.63) is 35.2 Å². The number of nitrogens with zero attached hydrogens (tertiary/aromatic N) is 1. The Kier molecular flexibility index (Phi) is 2.36. The van der Waals surface area contributed by atoms with E-state index in [2.05, 4.69) is 57.7 Å². The van der Waals surface area contributed by atoms with Crippen molar-refractivity contribution in [2.75, 3.05) is 11.4 Å². The Morgan fingerprint density at radius 3 is 2.56 bits per heavy atom. The number of rotatable bonds is 0. The van der Waals surface area contributed by atoms with E-state index in [0.717, 1.165) is 0 Å². The molecule has 1 aromatic rings. The summed E-state index contributed by atoms with van der Waals surface area (Å²) in [7, 11) is 0. The molecule has 97 valence electrons. The fourth-order valence-corrected chi connectivity index (χ4v) is 3.65. The molecule has 0 aromatic heterocycles. The summed E-state index contributed by atoms with van der Waals surface area (Å²) in [6.07, 6.45) is 2.53. The van der Waals surface area contributed by atoms with Gasteiger partial charge in [-0.1, -0.05) is 39.0 Å². The SMILES string of the molecule is C[C]1c2cccc3c2N(CCC3)C(C)(C)C1(C)C. The van der Waals surface area contributed by atoms with Crippen LogP contribution in [0.3, 0.4) is 0 Å². The number of hydrogen-bond acceptors (Lipinski definition) is 1. The molecule has 1 aromatic carbocycles. The van der Waals surface area contributed by atoms with Crippen molar-refractivity contribution in [2.24, 2.45) is 5.41 Å². The number of aryl methyl sites for hydroxylation is 1. The van der Waals surface area contributed by atoms with E-state index in [1.807, 2.05) is 0 Å². The lowest BCUT2D eigenvalue weighted by atomic mass is 9.60. The first-order chi connectivity index (χ1) is 8.37. The van der Waals surface area contributed by atoms with E-state index in [-0.39, 0.29) is 11.0 Å². The molecule has 0 saturated heterocycles. The zero-order valence-corrected chi connectivity index (χ0v) is 12.3. The zero-order valence-electron chi connectivity index (χ0n) is 12.3. The van der Waals surface area contributed by atoms with E-state index in [1.54, 1.807) is 11.5 Å². The maximum Gasteiger partial charge on any atom is 0.0442 e. The maximum atomic E-state index is 2.66. The molecule has 0 aliphatic carbocycles. The number of hydrogen-bond donors (Lipinski definition) is 0. The first-order valence-electron chi connectivity index (χ1n) is 7.11. The second kappa shape index (κ2) is 3.53. The molecule has 0 spiro atoms. The Labute approximate surface area is 111 Å². The highest BCUT2D eigenvalue weighted by Gasteiger charge is 2.51. The van der Waals surface area contributed by atoms with Gasteiger partial charge in [-0.25, -0.2) is 0 Å². The Balaban J connectivity index is 2.29. The van der Waals surface area contributed by atoms with E-state index < -0.39 is 0 Å². The van der Waals surface area contributed by atoms with Gasteiger partial charge in [0.1, 0.15) is 0 Å². The lowest BCUT2D eigenvalue weighted by Gasteiger charge is -2.59. The summed E-state index contributed by atoms with van der Waals surface area (Å²) in [6, 6.07) is 6.85. The van der Waals surface area contributed by atoms with Crippen LogP contribution in [0.15, 0.2) is 18.2 Å². The topological polar surface area (TPSA) is 3.24 Å². The van der Waals surface area contributed by atoms with Gasteiger partial charge < -0.3 is 4.90 Å². The minimum atomic E-state index is 0.195. The molecule has 1 radical (unpaired) electrons. The highest BCUT2D eigenvalue weighted by atomic mass is 15.2. The molecule has 2 aliphatic heterocycles. The van der Waals surface area contributed by atoms with Gasteiger partial charge in [-0.2, -0.15) is 0 Å². The molecular formula is C17H24N. The van der Waals surface area contributed by atoms with Crippen molar-refractivity contribution in [1.82, 2.24) is 0 Å². The van der Waals surface area contributed by atoms with Gasteiger partial charge >= 0.3 is 0 Å². The lowest BCUT2D eigenvalue weighted by Crippen LogP contribution is -2.60. The van der Waals surface area contributed by atoms with Gasteiger partial charge in [-0.05, 0) is 43.2 Å². The number of para-hydroxylation sites is 1. The molecule has 3 rings (SSSR count). The summed E-state index contributed by atoms with van der Waals surface area (Å²) in [6.45, 7) is 13.1. The fraction of sp³-hybridized carbons (Fsp3) is 0.588. The Bertz CT molecular complexity index is 484. The van der Waals surface area contributed by atoms with Gasteiger partial charge in [0, 0.05) is 23.7 Å². The lowest BCUT2D eigenvalue weighted by molar-refractivity contribution is 0.196. The third-order valence-corrected chi connectivity index (χ3v) is 5.76. The Morgan fingerprint density at radius 1 is 1.11 bits per heavy atom. The van der Waals surface area contributed by atoms with E-state index in [1.165, 1.54) is 30.6 Å². The van der Waals surface area contributed by atoms with Crippen LogP contribution >= 0.6 is 0 Å². The van der Waals surface area contributed by atoms with Crippen molar-refractivity contribution >= 4 is 5.69 Å². The van der Waals surface area contributed by atoms with Crippen LogP contribution in [0.2, 0.25) is 0 Å². The Hall–Kier alpha value is -0.980. The predicted molar refractivity (Wildman–Crippen MR) is 78.0 cm³/mol. The van der Waals surface area contributed by atoms with Crippen LogP contribution in [0.4, 0.5) is 5.69 Å². The highest BCUT2D eigenvalue weighted by Crippen LogP contribution is 2.55. The molecule has 2 aliphatic rings. The van der Waals surface area contributed by atoms with Gasteiger partial charge in [0.2, 0.25) is 0 Å². The summed E-state index contributed by atoms with van der Waals surface area (Å²) in [5.41, 5.74) is 4.96. The summed E-state index contributed by atoms with van der Waals surface area (Å²) in [4.78, 5) is 2.66. The van der Waals surface area contributed by atoms with Crippen LogP contribution in [-0.4, -0.2) is 12.1 Å². The molecule has 0 saturated carbocycles. The van der Waals surface area contributed by atoms with E-state index in [0.29, 0.717) is 0 Å². The van der Waals surface area contributed by atoms with Gasteiger partial charge in [0.15, 0.2) is 0 Å². The predicted octanol–water partition coefficient (Wildman–Crippen LogP) is 4.20. The van der Waals surface area contributed by atoms with Crippen LogP contribution in [0.5, 0.6) is 0 Å². The largest absolute Gasteiger partial charge is 0.365 e. The smallest absolute Gasteiger partial charge is 0.0442 e. The number of anilines is 1. The van der Waals surface area contributed by atoms with Crippen LogP contribution in [-0.2, 0) is 6.42 Å². The van der Waals surface area contributed by atoms with Crippen molar-refractivity contribution in [1.29, 1.82) is 0 Å². The van der Waals surface area contributed by atoms with Crippen molar-refractivity contribution in [2.45, 2.75) is 53.0 Å². The molecule has 0 atom stereocenters. The molecule has 0 unspecified atom stereocenters. The third kappa shape index (κ3) is 1.28. The monoisotopic (exact) mass is 242 g/mol. The van der Waals surface area contributed by atoms with Crippen LogP contribution in [0, 0.1) is 11.3 Å². The normalized spacial score (nSPS) is 24.8. The van der Waals surface area contributed by atoms with Crippen LogP contribution in [0.1, 0.15) is 52.2 Å². The standard InChI is InChI=1S/C17H24N/c1-12-14-10-6-8-13-9-7-11-18(15(13)14)17(4,5)16(12,2)3/h6,8,10H,7,9,11H2,1-5H3. The van der Waals surface area contributed by atoms with Gasteiger partial charge in [0.25, 0.3) is 0 Å². The molecular weight excluding hydrogens is 218 g/mol. The second-order valence-electron chi connectivity index (χ2n) is 6.88. The summed E-state index contributed by atoms with van der Waals surface area (Å²) >= 11 is 0. The first-order valence-corrected chi connectivity index (χ1v) is 7.11. The van der Waals surface area contributed by atoms with Gasteiger partial charge in [-0.15, -0.1) is 0 Å². The molecule has 0 N–H and O–H groups in total. The average molecular weight is 242 g/mol. The zero-order chi connectivity index (χ0) is 13.1. The summed E-state index contributed by atoms with van der Waals surface area (Å²) in [5.74, 6) is 1.54. The summed E-state index contributed by atoms with van der Waals surface area (Å²) in [5, 5.41) is 0. The van der Waals surface area contributed by atoms with Crippen molar-refractivity contribution in [3.8, 4) is 0 Å². The number of benzene rings is 1. The Morgan fingerprint density at radius 2 is 1.83 bits per heavy atom. The van der Waals surface area contributed by atoms with Crippen molar-refractivity contribution < 1.29 is 0 Å². The van der Waals surface area contributed by atoms with Gasteiger partial charge in [-0.3, -0.25) is 0 Å². The van der Waals surface area contributed by atoms with Crippen LogP contribution < -0.4 is 4.90 Å². The third-order valence-electron chi connectivity index (χ3n) is 5.76. The minimum absolute atomic E-state index is 0.195.